The van der Waals surface area contributed by atoms with Gasteiger partial charge in [0.1, 0.15) is 5.75 Å². The molecule has 0 aromatic heterocycles. The molecule has 5 heteroatoms. The minimum Gasteiger partial charge on any atom is -0.493 e. The summed E-state index contributed by atoms with van der Waals surface area (Å²) < 4.78 is 14.3. The smallest absolute Gasteiger partial charge is 0.152 e. The number of anilines is 3. The third-order valence-corrected chi connectivity index (χ3v) is 6.66. The highest BCUT2D eigenvalue weighted by Crippen LogP contribution is 2.51. The molecule has 3 nitrogen and oxygen atoms in total. The van der Waals surface area contributed by atoms with Crippen molar-refractivity contribution in [3.63, 3.8) is 0 Å². The topological polar surface area (TPSA) is 21.7 Å². The summed E-state index contributed by atoms with van der Waals surface area (Å²) in [7, 11) is 0. The lowest BCUT2D eigenvalue weighted by Crippen LogP contribution is -2.16. The molecule has 0 spiro atoms. The molecule has 0 bridgehead atoms. The first-order valence-electron chi connectivity index (χ1n) is 10.9. The van der Waals surface area contributed by atoms with Crippen molar-refractivity contribution in [1.82, 2.24) is 0 Å². The van der Waals surface area contributed by atoms with E-state index < -0.39 is 0 Å². The van der Waals surface area contributed by atoms with Crippen molar-refractivity contribution in [2.75, 3.05) is 11.5 Å². The molecule has 3 aromatic rings. The molecular formula is C26H27Br2NO2. The Morgan fingerprint density at radius 3 is 2.03 bits per heavy atom. The summed E-state index contributed by atoms with van der Waals surface area (Å²) in [6.45, 7) is 5.27. The zero-order valence-electron chi connectivity index (χ0n) is 17.9. The van der Waals surface area contributed by atoms with E-state index in [1.54, 1.807) is 0 Å². The lowest BCUT2D eigenvalue weighted by atomic mass is 10.0. The Morgan fingerprint density at radius 2 is 1.48 bits per heavy atom. The number of fused-ring (bicyclic) bond motifs is 2. The van der Waals surface area contributed by atoms with E-state index in [9.17, 15) is 0 Å². The van der Waals surface area contributed by atoms with Gasteiger partial charge in [0.25, 0.3) is 0 Å². The van der Waals surface area contributed by atoms with Crippen LogP contribution in [-0.2, 0) is 0 Å². The van der Waals surface area contributed by atoms with Gasteiger partial charge in [-0.25, -0.2) is 0 Å². The first kappa shape index (κ1) is 22.2. The molecule has 1 heterocycles. The fourth-order valence-corrected chi connectivity index (χ4v) is 4.52. The standard InChI is InChI=1S/C26H27Br2NO2/c1-3-5-6-18(4-2)17-30-22-11-9-21(10-12-22)29-23-13-7-19(27)15-25(23)31-26-16-20(28)8-14-24(26)29/h7-16,18H,3-6,17H2,1-2H3. The van der Waals surface area contributed by atoms with Crippen LogP contribution in [0.1, 0.15) is 39.5 Å². The predicted octanol–water partition coefficient (Wildman–Crippen LogP) is 9.38. The highest BCUT2D eigenvalue weighted by molar-refractivity contribution is 9.10. The van der Waals surface area contributed by atoms with E-state index in [0.717, 1.165) is 56.3 Å². The molecule has 1 unspecified atom stereocenters. The van der Waals surface area contributed by atoms with Crippen LogP contribution < -0.4 is 14.4 Å². The van der Waals surface area contributed by atoms with Crippen LogP contribution in [0.4, 0.5) is 17.1 Å². The summed E-state index contributed by atoms with van der Waals surface area (Å²) in [5.74, 6) is 3.18. The quantitative estimate of drug-likeness (QED) is 0.220. The number of rotatable bonds is 8. The predicted molar refractivity (Wildman–Crippen MR) is 135 cm³/mol. The van der Waals surface area contributed by atoms with Crippen LogP contribution >= 0.6 is 31.9 Å². The molecular weight excluding hydrogens is 518 g/mol. The fourth-order valence-electron chi connectivity index (χ4n) is 3.84. The summed E-state index contributed by atoms with van der Waals surface area (Å²) >= 11 is 7.11. The summed E-state index contributed by atoms with van der Waals surface area (Å²) in [5, 5.41) is 0. The Balaban J connectivity index is 1.59. The van der Waals surface area contributed by atoms with Gasteiger partial charge in [0.2, 0.25) is 0 Å². The molecule has 4 rings (SSSR count). The minimum absolute atomic E-state index is 0.620. The molecule has 1 aliphatic heterocycles. The van der Waals surface area contributed by atoms with Gasteiger partial charge in [-0.1, -0.05) is 65.0 Å². The molecule has 162 valence electrons. The van der Waals surface area contributed by atoms with Gasteiger partial charge in [-0.3, -0.25) is 0 Å². The van der Waals surface area contributed by atoms with E-state index in [1.807, 2.05) is 24.3 Å². The van der Waals surface area contributed by atoms with E-state index in [1.165, 1.54) is 19.3 Å². The van der Waals surface area contributed by atoms with Crippen LogP contribution in [0.2, 0.25) is 0 Å². The second-order valence-electron chi connectivity index (χ2n) is 7.88. The van der Waals surface area contributed by atoms with Gasteiger partial charge in [-0.05, 0) is 73.0 Å². The second-order valence-corrected chi connectivity index (χ2v) is 9.71. The summed E-state index contributed by atoms with van der Waals surface area (Å²) in [6.07, 6.45) is 4.89. The molecule has 0 saturated heterocycles. The van der Waals surface area contributed by atoms with E-state index in [2.05, 4.69) is 87.0 Å². The van der Waals surface area contributed by atoms with Crippen LogP contribution in [0, 0.1) is 5.92 Å². The third-order valence-electron chi connectivity index (χ3n) is 5.67. The molecule has 0 N–H and O–H groups in total. The maximum atomic E-state index is 6.20. The van der Waals surface area contributed by atoms with Gasteiger partial charge in [-0.2, -0.15) is 0 Å². The van der Waals surface area contributed by atoms with Crippen molar-refractivity contribution in [3.8, 4) is 17.2 Å². The molecule has 0 saturated carbocycles. The van der Waals surface area contributed by atoms with E-state index in [-0.39, 0.29) is 0 Å². The normalized spacial score (nSPS) is 13.2. The SMILES string of the molecule is CCCCC(CC)COc1ccc(N2c3ccc(Br)cc3Oc3cc(Br)ccc32)cc1. The molecule has 1 aliphatic rings. The number of benzene rings is 3. The number of hydrogen-bond acceptors (Lipinski definition) is 3. The van der Waals surface area contributed by atoms with Crippen LogP contribution in [0.3, 0.4) is 0 Å². The van der Waals surface area contributed by atoms with E-state index in [0.29, 0.717) is 5.92 Å². The second kappa shape index (κ2) is 10.1. The average molecular weight is 545 g/mol. The zero-order valence-corrected chi connectivity index (χ0v) is 21.1. The Bertz CT molecular complexity index is 985. The van der Waals surface area contributed by atoms with Crippen molar-refractivity contribution < 1.29 is 9.47 Å². The Morgan fingerprint density at radius 1 is 0.871 bits per heavy atom. The Hall–Kier alpha value is -1.98. The monoisotopic (exact) mass is 543 g/mol. The maximum Gasteiger partial charge on any atom is 0.152 e. The van der Waals surface area contributed by atoms with Gasteiger partial charge in [0.15, 0.2) is 11.5 Å². The van der Waals surface area contributed by atoms with Crippen molar-refractivity contribution >= 4 is 48.9 Å². The third kappa shape index (κ3) is 5.09. The highest BCUT2D eigenvalue weighted by atomic mass is 79.9. The van der Waals surface area contributed by atoms with Crippen molar-refractivity contribution in [3.05, 3.63) is 69.6 Å². The Kier molecular flexibility index (Phi) is 7.24. The first-order chi connectivity index (χ1) is 15.1. The number of halogens is 2. The zero-order chi connectivity index (χ0) is 21.8. The lowest BCUT2D eigenvalue weighted by Gasteiger charge is -2.33. The van der Waals surface area contributed by atoms with Crippen LogP contribution in [0.25, 0.3) is 0 Å². The first-order valence-corrected chi connectivity index (χ1v) is 12.5. The molecule has 31 heavy (non-hydrogen) atoms. The molecule has 3 aromatic carbocycles. The number of hydrogen-bond donors (Lipinski definition) is 0. The average Bonchev–Trinajstić information content (AvgIpc) is 2.78. The Labute approximate surface area is 201 Å². The highest BCUT2D eigenvalue weighted by Gasteiger charge is 2.26. The molecule has 1 atom stereocenters. The summed E-state index contributed by atoms with van der Waals surface area (Å²) in [4.78, 5) is 2.23. The number of unbranched alkanes of at least 4 members (excludes halogenated alkanes) is 1. The van der Waals surface area contributed by atoms with Crippen LogP contribution in [0.15, 0.2) is 69.6 Å². The van der Waals surface area contributed by atoms with Gasteiger partial charge in [0, 0.05) is 14.6 Å². The summed E-state index contributed by atoms with van der Waals surface area (Å²) in [6, 6.07) is 20.6. The molecule has 0 radical (unpaired) electrons. The van der Waals surface area contributed by atoms with E-state index >= 15 is 0 Å². The largest absolute Gasteiger partial charge is 0.493 e. The number of ether oxygens (including phenoxy) is 2. The molecule has 0 amide bonds. The van der Waals surface area contributed by atoms with Crippen molar-refractivity contribution in [1.29, 1.82) is 0 Å². The van der Waals surface area contributed by atoms with Crippen molar-refractivity contribution in [2.45, 2.75) is 39.5 Å². The molecule has 0 aliphatic carbocycles. The maximum absolute atomic E-state index is 6.20. The van der Waals surface area contributed by atoms with Crippen LogP contribution in [-0.4, -0.2) is 6.61 Å². The van der Waals surface area contributed by atoms with Crippen molar-refractivity contribution in [2.24, 2.45) is 5.92 Å². The minimum atomic E-state index is 0.620. The lowest BCUT2D eigenvalue weighted by molar-refractivity contribution is 0.233. The van der Waals surface area contributed by atoms with Gasteiger partial charge < -0.3 is 14.4 Å². The number of nitrogens with zero attached hydrogens (tertiary/aromatic N) is 1. The van der Waals surface area contributed by atoms with Gasteiger partial charge >= 0.3 is 0 Å². The van der Waals surface area contributed by atoms with E-state index in [4.69, 9.17) is 9.47 Å². The van der Waals surface area contributed by atoms with Crippen LogP contribution in [0.5, 0.6) is 17.2 Å². The molecule has 0 fully saturated rings. The fraction of sp³-hybridized carbons (Fsp3) is 0.308. The van der Waals surface area contributed by atoms with Gasteiger partial charge in [0.05, 0.1) is 18.0 Å². The van der Waals surface area contributed by atoms with Gasteiger partial charge in [-0.15, -0.1) is 0 Å². The summed E-state index contributed by atoms with van der Waals surface area (Å²) in [5.41, 5.74) is 3.09.